The smallest absolute Gasteiger partial charge is 0.414 e. The Kier molecular flexibility index (Phi) is 12.6. The summed E-state index contributed by atoms with van der Waals surface area (Å²) in [5.41, 5.74) is 0. The number of carboxylic acids is 2. The van der Waals surface area contributed by atoms with Crippen LogP contribution >= 0.6 is 0 Å². The molecular formula is C17H25NO6. The number of ether oxygens (including phenoxy) is 2. The van der Waals surface area contributed by atoms with E-state index in [-0.39, 0.29) is 0 Å². The Labute approximate surface area is 141 Å². The van der Waals surface area contributed by atoms with Gasteiger partial charge in [0.2, 0.25) is 0 Å². The molecule has 1 aromatic carbocycles. The number of rotatable bonds is 10. The molecule has 0 spiro atoms. The molecule has 134 valence electrons. The summed E-state index contributed by atoms with van der Waals surface area (Å²) in [5.74, 6) is -1.86. The highest BCUT2D eigenvalue weighted by Crippen LogP contribution is 2.17. The van der Waals surface area contributed by atoms with Crippen LogP contribution in [0.2, 0.25) is 0 Å². The first-order valence-electron chi connectivity index (χ1n) is 7.64. The van der Waals surface area contributed by atoms with Gasteiger partial charge in [0.05, 0.1) is 13.2 Å². The number of hydrogen-bond acceptors (Lipinski definition) is 5. The Hall–Kier alpha value is -2.54. The predicted molar refractivity (Wildman–Crippen MR) is 90.7 cm³/mol. The van der Waals surface area contributed by atoms with Crippen LogP contribution in [0.1, 0.15) is 19.8 Å². The zero-order valence-corrected chi connectivity index (χ0v) is 13.9. The summed E-state index contributed by atoms with van der Waals surface area (Å²) in [4.78, 5) is 18.2. The summed E-state index contributed by atoms with van der Waals surface area (Å²) < 4.78 is 11.0. The highest BCUT2D eigenvalue weighted by Gasteiger charge is 2.04. The van der Waals surface area contributed by atoms with Gasteiger partial charge in [0.1, 0.15) is 11.5 Å². The van der Waals surface area contributed by atoms with Gasteiger partial charge in [-0.3, -0.25) is 0 Å². The lowest BCUT2D eigenvalue weighted by Gasteiger charge is -2.07. The number of carboxylic acid groups (broad SMARTS) is 2. The number of nitrogens with one attached hydrogen (secondary N) is 1. The summed E-state index contributed by atoms with van der Waals surface area (Å²) in [7, 11) is 0. The predicted octanol–water partition coefficient (Wildman–Crippen LogP) is 2.18. The van der Waals surface area contributed by atoms with Gasteiger partial charge in [0, 0.05) is 6.54 Å². The van der Waals surface area contributed by atoms with Gasteiger partial charge < -0.3 is 25.0 Å². The second kappa shape index (κ2) is 14.1. The van der Waals surface area contributed by atoms with Crippen LogP contribution in [0.3, 0.4) is 0 Å². The fourth-order valence-corrected chi connectivity index (χ4v) is 1.54. The highest BCUT2D eigenvalue weighted by atomic mass is 16.5. The third-order valence-electron chi connectivity index (χ3n) is 2.62. The summed E-state index contributed by atoms with van der Waals surface area (Å²) in [6, 6.07) is 7.76. The van der Waals surface area contributed by atoms with E-state index < -0.39 is 11.9 Å². The Morgan fingerprint density at radius 2 is 1.62 bits per heavy atom. The maximum Gasteiger partial charge on any atom is 0.414 e. The Morgan fingerprint density at radius 1 is 1.08 bits per heavy atom. The van der Waals surface area contributed by atoms with Crippen molar-refractivity contribution in [1.29, 1.82) is 0 Å². The van der Waals surface area contributed by atoms with Gasteiger partial charge in [0.15, 0.2) is 0 Å². The SMILES string of the molecule is C=CCNCCCCOc1ccc(OCC)cc1.O=C(O)C(=O)O. The highest BCUT2D eigenvalue weighted by molar-refractivity contribution is 6.27. The summed E-state index contributed by atoms with van der Waals surface area (Å²) >= 11 is 0. The lowest BCUT2D eigenvalue weighted by Crippen LogP contribution is -2.15. The molecule has 1 aromatic rings. The zero-order chi connectivity index (χ0) is 18.2. The van der Waals surface area contributed by atoms with E-state index in [2.05, 4.69) is 11.9 Å². The topological polar surface area (TPSA) is 105 Å². The first-order valence-corrected chi connectivity index (χ1v) is 7.64. The maximum atomic E-state index is 9.10. The van der Waals surface area contributed by atoms with Crippen molar-refractivity contribution < 1.29 is 29.3 Å². The second-order valence-corrected chi connectivity index (χ2v) is 4.56. The van der Waals surface area contributed by atoms with Crippen LogP contribution in [0.25, 0.3) is 0 Å². The van der Waals surface area contributed by atoms with Crippen molar-refractivity contribution in [1.82, 2.24) is 5.32 Å². The minimum absolute atomic E-state index is 0.692. The third kappa shape index (κ3) is 12.0. The average Bonchev–Trinajstić information content (AvgIpc) is 2.56. The van der Waals surface area contributed by atoms with Crippen molar-refractivity contribution in [2.75, 3.05) is 26.3 Å². The Morgan fingerprint density at radius 3 is 2.08 bits per heavy atom. The molecule has 3 N–H and O–H groups in total. The fraction of sp³-hybridized carbons (Fsp3) is 0.412. The van der Waals surface area contributed by atoms with Crippen LogP contribution < -0.4 is 14.8 Å². The van der Waals surface area contributed by atoms with Crippen LogP contribution in [0.5, 0.6) is 11.5 Å². The number of carbonyl (C=O) groups is 2. The van der Waals surface area contributed by atoms with E-state index in [1.807, 2.05) is 37.3 Å². The second-order valence-electron chi connectivity index (χ2n) is 4.56. The summed E-state index contributed by atoms with van der Waals surface area (Å²) in [6.45, 7) is 8.97. The normalized spacial score (nSPS) is 9.38. The number of aliphatic carboxylic acids is 2. The minimum Gasteiger partial charge on any atom is -0.494 e. The van der Waals surface area contributed by atoms with Gasteiger partial charge in [-0.05, 0) is 50.6 Å². The van der Waals surface area contributed by atoms with Crippen LogP contribution in [0.4, 0.5) is 0 Å². The van der Waals surface area contributed by atoms with E-state index in [1.165, 1.54) is 0 Å². The molecule has 0 aliphatic rings. The van der Waals surface area contributed by atoms with E-state index in [9.17, 15) is 0 Å². The standard InChI is InChI=1S/C15H23NO2.C2H2O4/c1-3-11-16-12-5-6-13-18-15-9-7-14(8-10-15)17-4-2;3-1(4)2(5)6/h3,7-10,16H,1,4-6,11-13H2,2H3;(H,3,4)(H,5,6). The molecule has 0 aromatic heterocycles. The molecule has 0 fully saturated rings. The van der Waals surface area contributed by atoms with Gasteiger partial charge in [-0.2, -0.15) is 0 Å². The first kappa shape index (κ1) is 21.5. The van der Waals surface area contributed by atoms with Crippen molar-refractivity contribution in [3.8, 4) is 11.5 Å². The third-order valence-corrected chi connectivity index (χ3v) is 2.62. The Bertz CT molecular complexity index is 474. The number of hydrogen-bond donors (Lipinski definition) is 3. The monoisotopic (exact) mass is 339 g/mol. The van der Waals surface area contributed by atoms with E-state index >= 15 is 0 Å². The van der Waals surface area contributed by atoms with Crippen LogP contribution in [0.15, 0.2) is 36.9 Å². The number of unbranched alkanes of at least 4 members (excludes halogenated alkanes) is 1. The molecular weight excluding hydrogens is 314 g/mol. The lowest BCUT2D eigenvalue weighted by molar-refractivity contribution is -0.159. The van der Waals surface area contributed by atoms with Gasteiger partial charge in [-0.1, -0.05) is 6.08 Å². The lowest BCUT2D eigenvalue weighted by atomic mass is 10.3. The minimum atomic E-state index is -1.82. The van der Waals surface area contributed by atoms with Crippen LogP contribution in [-0.4, -0.2) is 48.5 Å². The molecule has 0 saturated heterocycles. The van der Waals surface area contributed by atoms with Gasteiger partial charge in [-0.25, -0.2) is 9.59 Å². The number of benzene rings is 1. The van der Waals surface area contributed by atoms with Crippen molar-refractivity contribution in [2.45, 2.75) is 19.8 Å². The van der Waals surface area contributed by atoms with Crippen molar-refractivity contribution >= 4 is 11.9 Å². The zero-order valence-electron chi connectivity index (χ0n) is 13.9. The Balaban J connectivity index is 0.000000754. The van der Waals surface area contributed by atoms with Crippen LogP contribution in [-0.2, 0) is 9.59 Å². The van der Waals surface area contributed by atoms with Gasteiger partial charge in [-0.15, -0.1) is 6.58 Å². The molecule has 0 aliphatic heterocycles. The molecule has 24 heavy (non-hydrogen) atoms. The molecule has 0 saturated carbocycles. The van der Waals surface area contributed by atoms with E-state index in [0.29, 0.717) is 6.61 Å². The van der Waals surface area contributed by atoms with E-state index in [4.69, 9.17) is 29.3 Å². The first-order chi connectivity index (χ1) is 11.5. The fourth-order valence-electron chi connectivity index (χ4n) is 1.54. The van der Waals surface area contributed by atoms with Gasteiger partial charge >= 0.3 is 11.9 Å². The van der Waals surface area contributed by atoms with Crippen molar-refractivity contribution in [2.24, 2.45) is 0 Å². The molecule has 0 radical (unpaired) electrons. The molecule has 0 amide bonds. The van der Waals surface area contributed by atoms with Crippen molar-refractivity contribution in [3.05, 3.63) is 36.9 Å². The molecule has 0 aliphatic carbocycles. The largest absolute Gasteiger partial charge is 0.494 e. The van der Waals surface area contributed by atoms with E-state index in [0.717, 1.165) is 44.0 Å². The molecule has 0 heterocycles. The molecule has 0 atom stereocenters. The van der Waals surface area contributed by atoms with Gasteiger partial charge in [0.25, 0.3) is 0 Å². The molecule has 0 bridgehead atoms. The average molecular weight is 339 g/mol. The molecule has 1 rings (SSSR count). The quantitative estimate of drug-likeness (QED) is 0.341. The summed E-state index contributed by atoms with van der Waals surface area (Å²) in [6.07, 6.45) is 4.04. The molecule has 7 nitrogen and oxygen atoms in total. The molecule has 7 heteroatoms. The van der Waals surface area contributed by atoms with Crippen molar-refractivity contribution in [3.63, 3.8) is 0 Å². The van der Waals surface area contributed by atoms with E-state index in [1.54, 1.807) is 0 Å². The summed E-state index contributed by atoms with van der Waals surface area (Å²) in [5, 5.41) is 18.0. The molecule has 0 unspecified atom stereocenters. The van der Waals surface area contributed by atoms with Crippen LogP contribution in [0, 0.1) is 0 Å². The maximum absolute atomic E-state index is 9.10.